The van der Waals surface area contributed by atoms with Gasteiger partial charge in [-0.1, -0.05) is 35.0 Å². The molecule has 0 heterocycles. The average Bonchev–Trinajstić information content (AvgIpc) is 2.21. The van der Waals surface area contributed by atoms with Crippen LogP contribution in [-0.2, 0) is 0 Å². The molecule has 14 heavy (non-hydrogen) atoms. The molecule has 2 nitrogen and oxygen atoms in total. The van der Waals surface area contributed by atoms with Crippen molar-refractivity contribution in [1.29, 1.82) is 0 Å². The highest BCUT2D eigenvalue weighted by atomic mass is 35.5. The molecule has 5 heteroatoms. The van der Waals surface area contributed by atoms with Crippen LogP contribution in [0, 0.1) is 0 Å². The fourth-order valence-electron chi connectivity index (χ4n) is 0.930. The van der Waals surface area contributed by atoms with Crippen molar-refractivity contribution in [2.24, 2.45) is 5.16 Å². The van der Waals surface area contributed by atoms with E-state index in [-0.39, 0.29) is 0 Å². The predicted molar refractivity (Wildman–Crippen MR) is 63.0 cm³/mol. The second-order valence-electron chi connectivity index (χ2n) is 2.42. The van der Waals surface area contributed by atoms with Crippen LogP contribution < -0.4 is 0 Å². The topological polar surface area (TPSA) is 32.6 Å². The third kappa shape index (κ3) is 3.08. The van der Waals surface area contributed by atoms with Gasteiger partial charge in [-0.05, 0) is 6.07 Å². The highest BCUT2D eigenvalue weighted by Gasteiger charge is 2.08. The quantitative estimate of drug-likeness (QED) is 0.293. The molecule has 0 aromatic heterocycles. The Morgan fingerprint density at radius 3 is 2.71 bits per heavy atom. The van der Waals surface area contributed by atoms with Crippen molar-refractivity contribution in [1.82, 2.24) is 0 Å². The first-order valence-electron chi connectivity index (χ1n) is 3.95. The number of oxime groups is 1. The molecule has 0 atom stereocenters. The molecule has 0 aliphatic rings. The Labute approximate surface area is 96.9 Å². The molecule has 0 fully saturated rings. The third-order valence-corrected chi connectivity index (χ3v) is 3.24. The molecular weight excluding hydrogens is 241 g/mol. The summed E-state index contributed by atoms with van der Waals surface area (Å²) in [5, 5.41) is 13.1. The van der Waals surface area contributed by atoms with Gasteiger partial charge in [0.25, 0.3) is 0 Å². The van der Waals surface area contributed by atoms with Gasteiger partial charge in [-0.25, -0.2) is 0 Å². The molecule has 0 aliphatic carbocycles. The van der Waals surface area contributed by atoms with Crippen LogP contribution in [0.1, 0.15) is 5.56 Å². The molecule has 0 aliphatic heterocycles. The van der Waals surface area contributed by atoms with Crippen LogP contribution in [0.25, 0.3) is 0 Å². The molecule has 0 amide bonds. The normalized spacial score (nSPS) is 11.7. The summed E-state index contributed by atoms with van der Waals surface area (Å²) in [6.45, 7) is 0. The van der Waals surface area contributed by atoms with Crippen LogP contribution in [0.2, 0.25) is 5.02 Å². The lowest BCUT2D eigenvalue weighted by atomic mass is 10.2. The molecule has 1 rings (SSSR count). The van der Waals surface area contributed by atoms with Gasteiger partial charge in [0.1, 0.15) is 5.04 Å². The first-order valence-corrected chi connectivity index (χ1v) is 5.85. The summed E-state index contributed by atoms with van der Waals surface area (Å²) in [4.78, 5) is 0. The summed E-state index contributed by atoms with van der Waals surface area (Å²) in [6.07, 6.45) is 0. The maximum atomic E-state index is 8.80. The minimum atomic E-state index is 0.497. The Kier molecular flexibility index (Phi) is 5.15. The highest BCUT2D eigenvalue weighted by Crippen LogP contribution is 2.21. The Bertz CT molecular complexity index is 330. The number of hydrogen-bond donors (Lipinski definition) is 1. The first kappa shape index (κ1) is 11.7. The molecule has 0 bridgehead atoms. The molecule has 1 aromatic rings. The number of benzene rings is 1. The molecule has 1 N–H and O–H groups in total. The predicted octanol–water partition coefficient (Wildman–Crippen LogP) is 3.45. The van der Waals surface area contributed by atoms with E-state index in [0.717, 1.165) is 5.56 Å². The van der Waals surface area contributed by atoms with Crippen molar-refractivity contribution in [2.45, 2.75) is 0 Å². The van der Waals surface area contributed by atoms with Gasteiger partial charge in [-0.2, -0.15) is 0 Å². The highest BCUT2D eigenvalue weighted by molar-refractivity contribution is 8.14. The summed E-state index contributed by atoms with van der Waals surface area (Å²) < 4.78 is 0. The molecule has 76 valence electrons. The number of hydrogen-bond acceptors (Lipinski definition) is 3. The van der Waals surface area contributed by atoms with E-state index in [0.29, 0.717) is 21.7 Å². The standard InChI is InChI=1S/C9H9Cl2NOS/c10-5-6-14-9(12-13)7-3-1-2-4-8(7)11/h1-4,13H,5-6H2/b12-9-. The molecule has 0 saturated heterocycles. The van der Waals surface area contributed by atoms with Gasteiger partial charge in [0, 0.05) is 17.2 Å². The van der Waals surface area contributed by atoms with Crippen molar-refractivity contribution < 1.29 is 5.21 Å². The van der Waals surface area contributed by atoms with Crippen LogP contribution in [0.3, 0.4) is 0 Å². The maximum absolute atomic E-state index is 8.80. The number of thioether (sulfide) groups is 1. The zero-order chi connectivity index (χ0) is 10.4. The zero-order valence-electron chi connectivity index (χ0n) is 7.28. The van der Waals surface area contributed by atoms with Gasteiger partial charge in [-0.3, -0.25) is 0 Å². The fourth-order valence-corrected chi connectivity index (χ4v) is 2.10. The number of alkyl halides is 1. The van der Waals surface area contributed by atoms with Gasteiger partial charge in [0.2, 0.25) is 0 Å². The minimum absolute atomic E-state index is 0.497. The van der Waals surface area contributed by atoms with Gasteiger partial charge in [0.05, 0.1) is 5.02 Å². The molecular formula is C9H9Cl2NOS. The van der Waals surface area contributed by atoms with E-state index in [2.05, 4.69) is 5.16 Å². The summed E-state index contributed by atoms with van der Waals surface area (Å²) >= 11 is 12.9. The smallest absolute Gasteiger partial charge is 0.144 e. The lowest BCUT2D eigenvalue weighted by Crippen LogP contribution is -1.98. The zero-order valence-corrected chi connectivity index (χ0v) is 9.61. The van der Waals surface area contributed by atoms with Crippen LogP contribution in [-0.4, -0.2) is 21.9 Å². The maximum Gasteiger partial charge on any atom is 0.144 e. The van der Waals surface area contributed by atoms with E-state index in [4.69, 9.17) is 28.4 Å². The van der Waals surface area contributed by atoms with Crippen molar-refractivity contribution in [3.05, 3.63) is 34.9 Å². The van der Waals surface area contributed by atoms with E-state index in [9.17, 15) is 0 Å². The van der Waals surface area contributed by atoms with Crippen molar-refractivity contribution in [3.63, 3.8) is 0 Å². The number of rotatable bonds is 3. The minimum Gasteiger partial charge on any atom is -0.410 e. The van der Waals surface area contributed by atoms with Gasteiger partial charge < -0.3 is 5.21 Å². The number of nitrogens with zero attached hydrogens (tertiary/aromatic N) is 1. The van der Waals surface area contributed by atoms with Crippen molar-refractivity contribution in [3.8, 4) is 0 Å². The van der Waals surface area contributed by atoms with E-state index in [1.54, 1.807) is 12.1 Å². The van der Waals surface area contributed by atoms with E-state index < -0.39 is 0 Å². The Morgan fingerprint density at radius 1 is 1.43 bits per heavy atom. The first-order chi connectivity index (χ1) is 6.79. The van der Waals surface area contributed by atoms with Gasteiger partial charge in [-0.15, -0.1) is 23.4 Å². The van der Waals surface area contributed by atoms with E-state index >= 15 is 0 Å². The van der Waals surface area contributed by atoms with Crippen LogP contribution in [0.5, 0.6) is 0 Å². The van der Waals surface area contributed by atoms with Gasteiger partial charge in [0.15, 0.2) is 0 Å². The largest absolute Gasteiger partial charge is 0.410 e. The summed E-state index contributed by atoms with van der Waals surface area (Å²) in [5.41, 5.74) is 0.729. The van der Waals surface area contributed by atoms with Crippen LogP contribution in [0.15, 0.2) is 29.4 Å². The Morgan fingerprint density at radius 2 is 2.14 bits per heavy atom. The molecule has 1 aromatic carbocycles. The summed E-state index contributed by atoms with van der Waals surface area (Å²) in [7, 11) is 0. The number of halogens is 2. The molecule has 0 saturated carbocycles. The lowest BCUT2D eigenvalue weighted by Gasteiger charge is -2.04. The third-order valence-electron chi connectivity index (χ3n) is 1.51. The second-order valence-corrected chi connectivity index (χ2v) is 4.29. The summed E-state index contributed by atoms with van der Waals surface area (Å²) in [6, 6.07) is 7.22. The summed E-state index contributed by atoms with van der Waals surface area (Å²) in [5.74, 6) is 1.19. The monoisotopic (exact) mass is 249 g/mol. The molecule has 0 spiro atoms. The second kappa shape index (κ2) is 6.17. The molecule has 0 unspecified atom stereocenters. The SMILES string of the molecule is O/N=C(\SCCCl)c1ccccc1Cl. The van der Waals surface area contributed by atoms with Crippen LogP contribution in [0.4, 0.5) is 0 Å². The fraction of sp³-hybridized carbons (Fsp3) is 0.222. The Balaban J connectivity index is 2.85. The Hall–Kier alpha value is -0.380. The van der Waals surface area contributed by atoms with Crippen molar-refractivity contribution in [2.75, 3.05) is 11.6 Å². The van der Waals surface area contributed by atoms with Crippen LogP contribution >= 0.6 is 35.0 Å². The molecule has 0 radical (unpaired) electrons. The van der Waals surface area contributed by atoms with E-state index in [1.807, 2.05) is 12.1 Å². The van der Waals surface area contributed by atoms with Gasteiger partial charge >= 0.3 is 0 Å². The lowest BCUT2D eigenvalue weighted by molar-refractivity contribution is 0.321. The van der Waals surface area contributed by atoms with Crippen molar-refractivity contribution >= 4 is 40.0 Å². The average molecular weight is 250 g/mol. The van der Waals surface area contributed by atoms with E-state index in [1.165, 1.54) is 11.8 Å².